The van der Waals surface area contributed by atoms with E-state index in [1.807, 2.05) is 107 Å². The number of nitrogens with zero attached hydrogens (tertiary/aromatic N) is 4. The molecule has 2 heterocycles. The summed E-state index contributed by atoms with van der Waals surface area (Å²) < 4.78 is 4.38. The molecule has 0 atom stereocenters. The zero-order chi connectivity index (χ0) is 34.6. The molecule has 242 valence electrons. The molecule has 8 nitrogen and oxygen atoms in total. The number of aryl methyl sites for hydroxylation is 5. The van der Waals surface area contributed by atoms with Crippen LogP contribution in [0.5, 0.6) is 0 Å². The molecule has 8 N–H and O–H groups in total. The molecule has 0 aliphatic carbocycles. The number of nitrogens with two attached hydrogens (primary N) is 4. The van der Waals surface area contributed by atoms with Crippen molar-refractivity contribution >= 4 is 66.9 Å². The van der Waals surface area contributed by atoms with Crippen molar-refractivity contribution in [3.63, 3.8) is 0 Å². The lowest BCUT2D eigenvalue weighted by molar-refractivity contribution is -0.538. The number of anilines is 4. The standard InChI is InChI=1S/C21H20N4.C20H18N4/c1-12-6-4-5-7-19(12)25-20-10-15(22)13(2)8-17(20)24-18-9-14(3)16(23)11-21(18)25;1-12-8-17-19(10-15(12)21)24(14-6-4-3-5-7-14)20-11-16(22)13(2)9-18(20)23-17/h4-11H,1-3H3,(H3,22,23);3-11H,1-2H3,(H3,21,22)/p+2. The van der Waals surface area contributed by atoms with Crippen molar-refractivity contribution in [3.8, 4) is 11.4 Å². The molecule has 0 aliphatic rings. The van der Waals surface area contributed by atoms with Crippen LogP contribution in [0.1, 0.15) is 27.8 Å². The molecule has 0 unspecified atom stereocenters. The Morgan fingerprint density at radius 2 is 0.735 bits per heavy atom. The third-order valence-electron chi connectivity index (χ3n) is 9.27. The van der Waals surface area contributed by atoms with Crippen molar-refractivity contribution in [1.29, 1.82) is 0 Å². The fourth-order valence-corrected chi connectivity index (χ4v) is 6.31. The van der Waals surface area contributed by atoms with Crippen LogP contribution in [-0.2, 0) is 0 Å². The van der Waals surface area contributed by atoms with E-state index < -0.39 is 0 Å². The van der Waals surface area contributed by atoms with E-state index in [1.165, 1.54) is 5.56 Å². The van der Waals surface area contributed by atoms with E-state index in [0.29, 0.717) is 0 Å². The van der Waals surface area contributed by atoms with Crippen LogP contribution in [0.4, 0.5) is 22.7 Å². The van der Waals surface area contributed by atoms with Crippen LogP contribution >= 0.6 is 0 Å². The van der Waals surface area contributed by atoms with E-state index in [1.54, 1.807) is 0 Å². The second kappa shape index (κ2) is 12.1. The summed E-state index contributed by atoms with van der Waals surface area (Å²) in [7, 11) is 0. The first kappa shape index (κ1) is 31.3. The number of para-hydroxylation sites is 2. The molecule has 8 heteroatoms. The highest BCUT2D eigenvalue weighted by Gasteiger charge is 2.23. The van der Waals surface area contributed by atoms with Gasteiger partial charge in [-0.15, -0.1) is 9.13 Å². The molecule has 0 spiro atoms. The third-order valence-corrected chi connectivity index (χ3v) is 9.27. The highest BCUT2D eigenvalue weighted by Crippen LogP contribution is 2.27. The number of nitrogen functional groups attached to an aromatic ring is 4. The number of rotatable bonds is 2. The Hall–Kier alpha value is -6.28. The second-order valence-corrected chi connectivity index (χ2v) is 12.8. The molecule has 6 aromatic carbocycles. The molecule has 0 saturated carbocycles. The lowest BCUT2D eigenvalue weighted by atomic mass is 10.1. The Morgan fingerprint density at radius 3 is 1.12 bits per heavy atom. The summed E-state index contributed by atoms with van der Waals surface area (Å²) in [4.78, 5) is 9.70. The molecule has 0 bridgehead atoms. The summed E-state index contributed by atoms with van der Waals surface area (Å²) in [5.41, 5.74) is 42.8. The van der Waals surface area contributed by atoms with Crippen molar-refractivity contribution in [2.45, 2.75) is 34.6 Å². The van der Waals surface area contributed by atoms with Crippen LogP contribution in [0.3, 0.4) is 0 Å². The maximum absolute atomic E-state index is 6.20. The zero-order valence-electron chi connectivity index (χ0n) is 28.4. The molecule has 0 radical (unpaired) electrons. The van der Waals surface area contributed by atoms with Gasteiger partial charge in [0.2, 0.25) is 33.4 Å². The smallest absolute Gasteiger partial charge is 0.239 e. The Labute approximate surface area is 285 Å². The predicted molar refractivity (Wildman–Crippen MR) is 203 cm³/mol. The van der Waals surface area contributed by atoms with Crippen molar-refractivity contribution in [2.24, 2.45) is 0 Å². The van der Waals surface area contributed by atoms with Gasteiger partial charge >= 0.3 is 0 Å². The molecule has 0 saturated heterocycles. The highest BCUT2D eigenvalue weighted by atomic mass is 15.0. The van der Waals surface area contributed by atoms with Crippen molar-refractivity contribution in [2.75, 3.05) is 22.9 Å². The van der Waals surface area contributed by atoms with Gasteiger partial charge in [0, 0.05) is 70.8 Å². The maximum atomic E-state index is 6.20. The largest absolute Gasteiger partial charge is 0.398 e. The van der Waals surface area contributed by atoms with Gasteiger partial charge in [-0.25, -0.2) is 9.97 Å². The number of fused-ring (bicyclic) bond motifs is 4. The monoisotopic (exact) mass is 644 g/mol. The van der Waals surface area contributed by atoms with Gasteiger partial charge in [-0.2, -0.15) is 0 Å². The third kappa shape index (κ3) is 5.57. The Bertz CT molecular complexity index is 2460. The molecular formula is C41H40N8+2. The Morgan fingerprint density at radius 1 is 0.388 bits per heavy atom. The molecule has 49 heavy (non-hydrogen) atoms. The Kier molecular flexibility index (Phi) is 7.71. The van der Waals surface area contributed by atoms with Crippen LogP contribution in [0, 0.1) is 34.6 Å². The lowest BCUT2D eigenvalue weighted by Crippen LogP contribution is -2.34. The summed E-state index contributed by atoms with van der Waals surface area (Å²) in [5.74, 6) is 0. The van der Waals surface area contributed by atoms with E-state index in [9.17, 15) is 0 Å². The van der Waals surface area contributed by atoms with Crippen LogP contribution in [-0.4, -0.2) is 9.97 Å². The van der Waals surface area contributed by atoms with Crippen LogP contribution in [0.25, 0.3) is 55.5 Å². The van der Waals surface area contributed by atoms with Crippen LogP contribution in [0.2, 0.25) is 0 Å². The minimum absolute atomic E-state index is 0.758. The van der Waals surface area contributed by atoms with Gasteiger partial charge in [-0.05, 0) is 81.1 Å². The number of benzene rings is 6. The first-order valence-corrected chi connectivity index (χ1v) is 16.2. The normalized spacial score (nSPS) is 11.3. The lowest BCUT2D eigenvalue weighted by Gasteiger charge is -2.10. The fourth-order valence-electron chi connectivity index (χ4n) is 6.31. The summed E-state index contributed by atoms with van der Waals surface area (Å²) in [6.45, 7) is 10.1. The predicted octanol–water partition coefficient (Wildman–Crippen LogP) is 7.20. The average Bonchev–Trinajstić information content (AvgIpc) is 3.07. The summed E-state index contributed by atoms with van der Waals surface area (Å²) in [5, 5.41) is 0. The van der Waals surface area contributed by atoms with Gasteiger partial charge in [0.15, 0.2) is 0 Å². The molecule has 8 aromatic rings. The molecule has 0 fully saturated rings. The van der Waals surface area contributed by atoms with E-state index in [0.717, 1.165) is 101 Å². The molecular weight excluding hydrogens is 605 g/mol. The minimum Gasteiger partial charge on any atom is -0.398 e. The van der Waals surface area contributed by atoms with Gasteiger partial charge in [0.25, 0.3) is 0 Å². The fraction of sp³-hybridized carbons (Fsp3) is 0.122. The molecule has 8 rings (SSSR count). The molecule has 2 aromatic heterocycles. The van der Waals surface area contributed by atoms with Gasteiger partial charge in [-0.3, -0.25) is 0 Å². The van der Waals surface area contributed by atoms with Gasteiger partial charge in [0.05, 0.1) is 0 Å². The first-order valence-electron chi connectivity index (χ1n) is 16.2. The zero-order valence-corrected chi connectivity index (χ0v) is 28.4. The van der Waals surface area contributed by atoms with Crippen molar-refractivity contribution in [1.82, 2.24) is 9.97 Å². The second-order valence-electron chi connectivity index (χ2n) is 12.8. The van der Waals surface area contributed by atoms with Crippen LogP contribution < -0.4 is 32.1 Å². The van der Waals surface area contributed by atoms with E-state index >= 15 is 0 Å². The topological polar surface area (TPSA) is 138 Å². The van der Waals surface area contributed by atoms with Crippen LogP contribution in [0.15, 0.2) is 103 Å². The average molecular weight is 645 g/mol. The summed E-state index contributed by atoms with van der Waals surface area (Å²) in [6, 6.07) is 34.6. The van der Waals surface area contributed by atoms with E-state index in [4.69, 9.17) is 32.9 Å². The summed E-state index contributed by atoms with van der Waals surface area (Å²) >= 11 is 0. The minimum atomic E-state index is 0.758. The number of hydrogen-bond acceptors (Lipinski definition) is 6. The SMILES string of the molecule is Cc1cc2nc3cc(C)c(N)cc3[n+](-c3ccccc3)c2cc1N.Cc1cc2nc3cc(C)c(N)cc3[n+](-c3ccccc3C)c2cc1N. The quantitative estimate of drug-likeness (QED) is 0.0892. The molecule has 0 aliphatic heterocycles. The number of hydrogen-bond donors (Lipinski definition) is 4. The van der Waals surface area contributed by atoms with Gasteiger partial charge < -0.3 is 22.9 Å². The van der Waals surface area contributed by atoms with Crippen molar-refractivity contribution < 1.29 is 9.13 Å². The maximum Gasteiger partial charge on any atom is 0.239 e. The highest BCUT2D eigenvalue weighted by molar-refractivity contribution is 5.88. The van der Waals surface area contributed by atoms with Crippen molar-refractivity contribution in [3.05, 3.63) is 131 Å². The van der Waals surface area contributed by atoms with Gasteiger partial charge in [-0.1, -0.05) is 36.4 Å². The van der Waals surface area contributed by atoms with E-state index in [2.05, 4.69) is 40.3 Å². The summed E-state index contributed by atoms with van der Waals surface area (Å²) in [6.07, 6.45) is 0. The first-order chi connectivity index (χ1) is 23.5. The number of aromatic nitrogens is 4. The van der Waals surface area contributed by atoms with E-state index in [-0.39, 0.29) is 0 Å². The molecule has 0 amide bonds. The van der Waals surface area contributed by atoms with Gasteiger partial charge in [0.1, 0.15) is 22.1 Å². The Balaban J connectivity index is 0.000000154.